The fraction of sp³-hybridized carbons (Fsp3) is 0.588. The van der Waals surface area contributed by atoms with Crippen LogP contribution in [0.4, 0.5) is 5.69 Å². The SMILES string of the molecule is CCOC1CC1C(=O)NCCN1c2ccccc2CC1C. The van der Waals surface area contributed by atoms with Gasteiger partial charge in [0.25, 0.3) is 0 Å². The lowest BCUT2D eigenvalue weighted by molar-refractivity contribution is -0.123. The van der Waals surface area contributed by atoms with E-state index < -0.39 is 0 Å². The van der Waals surface area contributed by atoms with Crippen LogP contribution >= 0.6 is 0 Å². The summed E-state index contributed by atoms with van der Waals surface area (Å²) >= 11 is 0. The lowest BCUT2D eigenvalue weighted by Crippen LogP contribution is -2.38. The molecule has 0 spiro atoms. The minimum atomic E-state index is 0.0771. The molecule has 1 aromatic carbocycles. The highest BCUT2D eigenvalue weighted by Gasteiger charge is 2.43. The van der Waals surface area contributed by atoms with E-state index in [0.717, 1.165) is 19.4 Å². The fourth-order valence-electron chi connectivity index (χ4n) is 3.25. The van der Waals surface area contributed by atoms with Crippen LogP contribution in [0.1, 0.15) is 25.8 Å². The molecule has 3 unspecified atom stereocenters. The molecule has 1 fully saturated rings. The minimum absolute atomic E-state index is 0.0771. The molecule has 0 aromatic heterocycles. The molecule has 1 heterocycles. The molecule has 1 aliphatic carbocycles. The van der Waals surface area contributed by atoms with Crippen LogP contribution in [-0.4, -0.2) is 37.7 Å². The lowest BCUT2D eigenvalue weighted by atomic mass is 10.1. The first kappa shape index (κ1) is 14.4. The Morgan fingerprint density at radius 2 is 2.24 bits per heavy atom. The van der Waals surface area contributed by atoms with Gasteiger partial charge < -0.3 is 15.0 Å². The second-order valence-electron chi connectivity index (χ2n) is 6.00. The predicted octanol–water partition coefficient (Wildman–Crippen LogP) is 1.98. The van der Waals surface area contributed by atoms with Crippen LogP contribution in [0.15, 0.2) is 24.3 Å². The summed E-state index contributed by atoms with van der Waals surface area (Å²) in [6.07, 6.45) is 2.13. The predicted molar refractivity (Wildman–Crippen MR) is 83.5 cm³/mol. The highest BCUT2D eigenvalue weighted by molar-refractivity contribution is 5.82. The Balaban J connectivity index is 1.47. The zero-order chi connectivity index (χ0) is 14.8. The molecule has 4 nitrogen and oxygen atoms in total. The maximum absolute atomic E-state index is 12.0. The van der Waals surface area contributed by atoms with Crippen LogP contribution in [0.25, 0.3) is 0 Å². The molecule has 1 aromatic rings. The normalized spacial score (nSPS) is 26.6. The summed E-state index contributed by atoms with van der Waals surface area (Å²) in [5.74, 6) is 0.224. The zero-order valence-corrected chi connectivity index (χ0v) is 12.8. The molecule has 2 aliphatic rings. The Hall–Kier alpha value is -1.55. The lowest BCUT2D eigenvalue weighted by Gasteiger charge is -2.25. The van der Waals surface area contributed by atoms with Gasteiger partial charge in [-0.1, -0.05) is 18.2 Å². The second kappa shape index (κ2) is 6.06. The molecule has 0 saturated heterocycles. The van der Waals surface area contributed by atoms with Gasteiger partial charge in [0, 0.05) is 31.4 Å². The first-order valence-electron chi connectivity index (χ1n) is 7.94. The summed E-state index contributed by atoms with van der Waals surface area (Å²) in [6, 6.07) is 9.06. The van der Waals surface area contributed by atoms with Crippen LogP contribution < -0.4 is 10.2 Å². The molecule has 1 saturated carbocycles. The quantitative estimate of drug-likeness (QED) is 0.870. The fourth-order valence-corrected chi connectivity index (χ4v) is 3.25. The molecule has 3 atom stereocenters. The molecule has 114 valence electrons. The number of amides is 1. The van der Waals surface area contributed by atoms with Crippen molar-refractivity contribution in [1.29, 1.82) is 0 Å². The van der Waals surface area contributed by atoms with Crippen molar-refractivity contribution in [3.8, 4) is 0 Å². The van der Waals surface area contributed by atoms with E-state index >= 15 is 0 Å². The van der Waals surface area contributed by atoms with Gasteiger partial charge in [0.1, 0.15) is 0 Å². The molecule has 21 heavy (non-hydrogen) atoms. The minimum Gasteiger partial charge on any atom is -0.378 e. The van der Waals surface area contributed by atoms with E-state index in [2.05, 4.69) is 41.4 Å². The van der Waals surface area contributed by atoms with Crippen molar-refractivity contribution in [1.82, 2.24) is 5.32 Å². The maximum Gasteiger partial charge on any atom is 0.225 e. The standard InChI is InChI=1S/C17H24N2O2/c1-3-21-16-11-14(16)17(20)18-8-9-19-12(2)10-13-6-4-5-7-15(13)19/h4-7,12,14,16H,3,8-11H2,1-2H3,(H,18,20). The number of nitrogens with zero attached hydrogens (tertiary/aromatic N) is 1. The average Bonchev–Trinajstić information content (AvgIpc) is 3.17. The molecular weight excluding hydrogens is 264 g/mol. The number of carbonyl (C=O) groups excluding carboxylic acids is 1. The van der Waals surface area contributed by atoms with E-state index in [1.165, 1.54) is 11.3 Å². The Morgan fingerprint density at radius 1 is 1.43 bits per heavy atom. The summed E-state index contributed by atoms with van der Waals surface area (Å²) < 4.78 is 5.46. The maximum atomic E-state index is 12.0. The summed E-state index contributed by atoms with van der Waals surface area (Å²) in [4.78, 5) is 14.4. The Morgan fingerprint density at radius 3 is 3.05 bits per heavy atom. The number of nitrogens with one attached hydrogen (secondary N) is 1. The van der Waals surface area contributed by atoms with Gasteiger partial charge in [0.2, 0.25) is 5.91 Å². The summed E-state index contributed by atoms with van der Waals surface area (Å²) in [6.45, 7) is 6.48. The van der Waals surface area contributed by atoms with Gasteiger partial charge in [-0.2, -0.15) is 0 Å². The van der Waals surface area contributed by atoms with E-state index in [1.807, 2.05) is 6.92 Å². The van der Waals surface area contributed by atoms with Crippen molar-refractivity contribution < 1.29 is 9.53 Å². The number of fused-ring (bicyclic) bond motifs is 1. The largest absolute Gasteiger partial charge is 0.378 e. The Bertz CT molecular complexity index is 517. The van der Waals surface area contributed by atoms with Gasteiger partial charge in [-0.15, -0.1) is 0 Å². The third-order valence-electron chi connectivity index (χ3n) is 4.45. The molecule has 1 aliphatic heterocycles. The number of hydrogen-bond acceptors (Lipinski definition) is 3. The van der Waals surface area contributed by atoms with Gasteiger partial charge in [-0.3, -0.25) is 4.79 Å². The van der Waals surface area contributed by atoms with Crippen LogP contribution in [0.5, 0.6) is 0 Å². The van der Waals surface area contributed by atoms with Gasteiger partial charge in [0.05, 0.1) is 12.0 Å². The smallest absolute Gasteiger partial charge is 0.225 e. The van der Waals surface area contributed by atoms with E-state index in [-0.39, 0.29) is 17.9 Å². The van der Waals surface area contributed by atoms with Crippen LogP contribution in [0, 0.1) is 5.92 Å². The molecular formula is C17H24N2O2. The number of anilines is 1. The molecule has 0 radical (unpaired) electrons. The third-order valence-corrected chi connectivity index (χ3v) is 4.45. The topological polar surface area (TPSA) is 41.6 Å². The highest BCUT2D eigenvalue weighted by atomic mass is 16.5. The molecule has 0 bridgehead atoms. The molecule has 4 heteroatoms. The first-order valence-corrected chi connectivity index (χ1v) is 7.94. The van der Waals surface area contributed by atoms with Crippen LogP contribution in [-0.2, 0) is 16.0 Å². The number of rotatable bonds is 6. The van der Waals surface area contributed by atoms with Gasteiger partial charge >= 0.3 is 0 Å². The van der Waals surface area contributed by atoms with Crippen molar-refractivity contribution in [3.63, 3.8) is 0 Å². The van der Waals surface area contributed by atoms with E-state index in [9.17, 15) is 4.79 Å². The van der Waals surface area contributed by atoms with Crippen molar-refractivity contribution in [2.75, 3.05) is 24.6 Å². The number of carbonyl (C=O) groups is 1. The second-order valence-corrected chi connectivity index (χ2v) is 6.00. The molecule has 3 rings (SSSR count). The summed E-state index contributed by atoms with van der Waals surface area (Å²) in [5.41, 5.74) is 2.73. The highest BCUT2D eigenvalue weighted by Crippen LogP contribution is 2.34. The van der Waals surface area contributed by atoms with E-state index in [4.69, 9.17) is 4.74 Å². The number of ether oxygens (including phenoxy) is 1. The van der Waals surface area contributed by atoms with Crippen LogP contribution in [0.2, 0.25) is 0 Å². The van der Waals surface area contributed by atoms with Crippen LogP contribution in [0.3, 0.4) is 0 Å². The van der Waals surface area contributed by atoms with Crippen molar-refractivity contribution >= 4 is 11.6 Å². The van der Waals surface area contributed by atoms with Gasteiger partial charge in [-0.05, 0) is 38.3 Å². The van der Waals surface area contributed by atoms with Crippen molar-refractivity contribution in [2.45, 2.75) is 38.8 Å². The van der Waals surface area contributed by atoms with Gasteiger partial charge in [-0.25, -0.2) is 0 Å². The summed E-state index contributed by atoms with van der Waals surface area (Å²) in [7, 11) is 0. The first-order chi connectivity index (χ1) is 10.2. The third kappa shape index (κ3) is 3.05. The van der Waals surface area contributed by atoms with Gasteiger partial charge in [0.15, 0.2) is 0 Å². The number of para-hydroxylation sites is 1. The Labute approximate surface area is 126 Å². The summed E-state index contributed by atoms with van der Waals surface area (Å²) in [5, 5.41) is 3.05. The number of hydrogen-bond donors (Lipinski definition) is 1. The number of benzene rings is 1. The van der Waals surface area contributed by atoms with Crippen molar-refractivity contribution in [2.24, 2.45) is 5.92 Å². The Kier molecular flexibility index (Phi) is 4.15. The molecule has 1 N–H and O–H groups in total. The van der Waals surface area contributed by atoms with E-state index in [0.29, 0.717) is 19.2 Å². The molecule has 1 amide bonds. The van der Waals surface area contributed by atoms with E-state index in [1.54, 1.807) is 0 Å². The van der Waals surface area contributed by atoms with Crippen molar-refractivity contribution in [3.05, 3.63) is 29.8 Å². The monoisotopic (exact) mass is 288 g/mol. The zero-order valence-electron chi connectivity index (χ0n) is 12.8. The average molecular weight is 288 g/mol.